The number of alkyl halides is 3. The number of nitrogens with one attached hydrogen (secondary N) is 2. The lowest BCUT2D eigenvalue weighted by Crippen LogP contribution is -2.64. The van der Waals surface area contributed by atoms with E-state index in [4.69, 9.17) is 0 Å². The minimum Gasteiger partial charge on any atom is -0.353 e. The normalized spacial score (nSPS) is 21.6. The highest BCUT2D eigenvalue weighted by molar-refractivity contribution is 5.98. The molecule has 138 valence electrons. The zero-order valence-electron chi connectivity index (χ0n) is 13.6. The zero-order chi connectivity index (χ0) is 18.5. The van der Waals surface area contributed by atoms with E-state index in [2.05, 4.69) is 15.3 Å². The van der Waals surface area contributed by atoms with Crippen LogP contribution in [0.15, 0.2) is 18.2 Å². The van der Waals surface area contributed by atoms with Crippen molar-refractivity contribution in [1.29, 1.82) is 0 Å². The molecule has 2 aliphatic rings. The zero-order valence-corrected chi connectivity index (χ0v) is 13.6. The molecule has 2 aliphatic heterocycles. The molecule has 0 bridgehead atoms. The summed E-state index contributed by atoms with van der Waals surface area (Å²) in [5, 5.41) is 2.78. The maximum absolute atomic E-state index is 12.8. The number of carbonyl (C=O) groups excluding carboxylic acids is 2. The van der Waals surface area contributed by atoms with Gasteiger partial charge in [0.1, 0.15) is 6.04 Å². The van der Waals surface area contributed by atoms with Crippen LogP contribution < -0.4 is 5.32 Å². The summed E-state index contributed by atoms with van der Waals surface area (Å²) in [7, 11) is 0. The van der Waals surface area contributed by atoms with Crippen LogP contribution >= 0.6 is 0 Å². The van der Waals surface area contributed by atoms with Crippen molar-refractivity contribution in [2.45, 2.75) is 12.2 Å². The number of aromatic amines is 1. The van der Waals surface area contributed by atoms with Crippen molar-refractivity contribution in [1.82, 2.24) is 25.1 Å². The van der Waals surface area contributed by atoms with Crippen LogP contribution in [0.4, 0.5) is 13.2 Å². The fourth-order valence-electron chi connectivity index (χ4n) is 3.42. The van der Waals surface area contributed by atoms with E-state index in [0.29, 0.717) is 19.6 Å². The Morgan fingerprint density at radius 1 is 1.23 bits per heavy atom. The molecule has 10 heteroatoms. The van der Waals surface area contributed by atoms with Gasteiger partial charge in [0, 0.05) is 38.3 Å². The molecule has 26 heavy (non-hydrogen) atoms. The second-order valence-electron chi connectivity index (χ2n) is 6.41. The number of imidazole rings is 1. The SMILES string of the molecule is O=C1NCCN2CCN(C(=O)c3ccc4nc(C(F)(F)F)[nH]c4c3)C[C@H]12. The maximum atomic E-state index is 12.8. The van der Waals surface area contributed by atoms with Crippen molar-refractivity contribution in [3.63, 3.8) is 0 Å². The maximum Gasteiger partial charge on any atom is 0.449 e. The lowest BCUT2D eigenvalue weighted by Gasteiger charge is -2.43. The van der Waals surface area contributed by atoms with Crippen molar-refractivity contribution >= 4 is 22.8 Å². The summed E-state index contributed by atoms with van der Waals surface area (Å²) >= 11 is 0. The van der Waals surface area contributed by atoms with Gasteiger partial charge in [0.05, 0.1) is 11.0 Å². The van der Waals surface area contributed by atoms with Gasteiger partial charge in [-0.2, -0.15) is 13.2 Å². The van der Waals surface area contributed by atoms with Crippen molar-refractivity contribution in [2.75, 3.05) is 32.7 Å². The predicted molar refractivity (Wildman–Crippen MR) is 85.4 cm³/mol. The number of hydrogen-bond donors (Lipinski definition) is 2. The van der Waals surface area contributed by atoms with Crippen molar-refractivity contribution in [3.05, 3.63) is 29.6 Å². The predicted octanol–water partition coefficient (Wildman–Crippen LogP) is 0.838. The summed E-state index contributed by atoms with van der Waals surface area (Å²) < 4.78 is 38.3. The Hall–Kier alpha value is -2.62. The van der Waals surface area contributed by atoms with E-state index in [9.17, 15) is 22.8 Å². The monoisotopic (exact) mass is 367 g/mol. The summed E-state index contributed by atoms with van der Waals surface area (Å²) in [6.45, 7) is 2.67. The number of halogens is 3. The molecule has 2 aromatic rings. The van der Waals surface area contributed by atoms with Gasteiger partial charge in [-0.1, -0.05) is 0 Å². The molecule has 1 aromatic carbocycles. The number of piperazine rings is 2. The average Bonchev–Trinajstić information content (AvgIpc) is 3.05. The molecule has 2 saturated heterocycles. The Labute approximate surface area is 146 Å². The largest absolute Gasteiger partial charge is 0.449 e. The Morgan fingerprint density at radius 2 is 2.04 bits per heavy atom. The number of aromatic nitrogens is 2. The Balaban J connectivity index is 1.57. The van der Waals surface area contributed by atoms with E-state index in [1.54, 1.807) is 4.90 Å². The summed E-state index contributed by atoms with van der Waals surface area (Å²) in [6, 6.07) is 3.83. The fraction of sp³-hybridized carbons (Fsp3) is 0.438. The standard InChI is InChI=1S/C16H16F3N5O2/c17-16(18,19)15-21-10-2-1-9(7-11(10)22-15)14(26)24-6-5-23-4-3-20-13(25)12(23)8-24/h1-2,7,12H,3-6,8H2,(H,20,25)(H,21,22)/t12-/m1/s1. The number of carbonyl (C=O) groups is 2. The lowest BCUT2D eigenvalue weighted by molar-refractivity contribution is -0.144. The van der Waals surface area contributed by atoms with Crippen LogP contribution in [-0.2, 0) is 11.0 Å². The van der Waals surface area contributed by atoms with E-state index >= 15 is 0 Å². The van der Waals surface area contributed by atoms with Crippen molar-refractivity contribution < 1.29 is 22.8 Å². The van der Waals surface area contributed by atoms with Gasteiger partial charge in [0.2, 0.25) is 11.7 Å². The molecule has 0 unspecified atom stereocenters. The topological polar surface area (TPSA) is 81.3 Å². The van der Waals surface area contributed by atoms with Crippen LogP contribution in [0, 0.1) is 0 Å². The lowest BCUT2D eigenvalue weighted by atomic mass is 10.1. The molecule has 3 heterocycles. The van der Waals surface area contributed by atoms with E-state index in [0.717, 1.165) is 6.54 Å². The van der Waals surface area contributed by atoms with Gasteiger partial charge in [0.25, 0.3) is 5.91 Å². The molecule has 0 radical (unpaired) electrons. The summed E-state index contributed by atoms with van der Waals surface area (Å²) in [6.07, 6.45) is -4.58. The van der Waals surface area contributed by atoms with E-state index < -0.39 is 12.0 Å². The van der Waals surface area contributed by atoms with E-state index in [1.165, 1.54) is 18.2 Å². The summed E-state index contributed by atoms with van der Waals surface area (Å²) in [4.78, 5) is 34.0. The van der Waals surface area contributed by atoms with Crippen molar-refractivity contribution in [2.24, 2.45) is 0 Å². The number of fused-ring (bicyclic) bond motifs is 2. The van der Waals surface area contributed by atoms with Crippen molar-refractivity contribution in [3.8, 4) is 0 Å². The molecular formula is C16H16F3N5O2. The Kier molecular flexibility index (Phi) is 3.87. The molecule has 2 N–H and O–H groups in total. The number of H-pyrrole nitrogens is 1. The van der Waals surface area contributed by atoms with E-state index in [-0.39, 0.29) is 41.0 Å². The fourth-order valence-corrected chi connectivity index (χ4v) is 3.42. The van der Waals surface area contributed by atoms with Gasteiger partial charge < -0.3 is 15.2 Å². The molecule has 0 spiro atoms. The van der Waals surface area contributed by atoms with E-state index in [1.807, 2.05) is 4.90 Å². The third-order valence-electron chi connectivity index (χ3n) is 4.78. The Morgan fingerprint density at radius 3 is 2.81 bits per heavy atom. The van der Waals surface area contributed by atoms with Crippen LogP contribution in [0.1, 0.15) is 16.2 Å². The molecule has 4 rings (SSSR count). The van der Waals surface area contributed by atoms with Crippen LogP contribution in [-0.4, -0.2) is 70.3 Å². The number of nitrogens with zero attached hydrogens (tertiary/aromatic N) is 3. The first-order valence-corrected chi connectivity index (χ1v) is 8.21. The number of benzene rings is 1. The van der Waals surface area contributed by atoms with Gasteiger partial charge >= 0.3 is 6.18 Å². The molecule has 0 saturated carbocycles. The molecule has 7 nitrogen and oxygen atoms in total. The second kappa shape index (κ2) is 5.97. The van der Waals surface area contributed by atoms with Crippen LogP contribution in [0.25, 0.3) is 11.0 Å². The molecule has 0 aliphatic carbocycles. The molecule has 1 aromatic heterocycles. The minimum absolute atomic E-state index is 0.104. The molecular weight excluding hydrogens is 351 g/mol. The van der Waals surface area contributed by atoms with Crippen LogP contribution in [0.5, 0.6) is 0 Å². The van der Waals surface area contributed by atoms with Gasteiger partial charge in [-0.3, -0.25) is 14.5 Å². The summed E-state index contributed by atoms with van der Waals surface area (Å²) in [5.74, 6) is -1.51. The Bertz CT molecular complexity index is 878. The number of rotatable bonds is 1. The molecule has 2 amide bonds. The third kappa shape index (κ3) is 2.90. The van der Waals surface area contributed by atoms with Gasteiger partial charge in [-0.05, 0) is 18.2 Å². The van der Waals surface area contributed by atoms with Crippen LogP contribution in [0.3, 0.4) is 0 Å². The number of hydrogen-bond acceptors (Lipinski definition) is 4. The van der Waals surface area contributed by atoms with Crippen LogP contribution in [0.2, 0.25) is 0 Å². The first-order chi connectivity index (χ1) is 12.3. The van der Waals surface area contributed by atoms with Gasteiger partial charge in [-0.25, -0.2) is 4.98 Å². The first-order valence-electron chi connectivity index (χ1n) is 8.21. The smallest absolute Gasteiger partial charge is 0.353 e. The second-order valence-corrected chi connectivity index (χ2v) is 6.41. The highest BCUT2D eigenvalue weighted by atomic mass is 19.4. The van der Waals surface area contributed by atoms with Gasteiger partial charge in [0.15, 0.2) is 0 Å². The third-order valence-corrected chi connectivity index (χ3v) is 4.78. The highest BCUT2D eigenvalue weighted by Crippen LogP contribution is 2.29. The molecule has 2 fully saturated rings. The molecule has 1 atom stereocenters. The highest BCUT2D eigenvalue weighted by Gasteiger charge is 2.37. The van der Waals surface area contributed by atoms with Gasteiger partial charge in [-0.15, -0.1) is 0 Å². The quantitative estimate of drug-likeness (QED) is 0.783. The minimum atomic E-state index is -4.58. The first kappa shape index (κ1) is 16.8. The summed E-state index contributed by atoms with van der Waals surface area (Å²) in [5.41, 5.74) is 0.558. The average molecular weight is 367 g/mol. The number of amides is 2.